The molecule has 9 atom stereocenters. The minimum atomic E-state index is -0.0632. The van der Waals surface area contributed by atoms with E-state index in [2.05, 4.69) is 20.8 Å². The molecule has 4 aliphatic carbocycles. The van der Waals surface area contributed by atoms with Crippen molar-refractivity contribution in [2.45, 2.75) is 84.3 Å². The average molecular weight is 306 g/mol. The molecule has 22 heavy (non-hydrogen) atoms. The van der Waals surface area contributed by atoms with Gasteiger partial charge in [-0.2, -0.15) is 0 Å². The summed E-state index contributed by atoms with van der Waals surface area (Å²) in [5.41, 5.74) is 0.624. The van der Waals surface area contributed by atoms with E-state index in [1.54, 1.807) is 0 Å². The first-order chi connectivity index (χ1) is 10.4. The molecule has 0 spiro atoms. The Labute approximate surface area is 135 Å². The van der Waals surface area contributed by atoms with E-state index < -0.39 is 0 Å². The zero-order valence-corrected chi connectivity index (χ0v) is 14.6. The van der Waals surface area contributed by atoms with Gasteiger partial charge in [0.05, 0.1) is 12.2 Å². The van der Waals surface area contributed by atoms with Gasteiger partial charge in [-0.05, 0) is 91.8 Å². The van der Waals surface area contributed by atoms with E-state index >= 15 is 0 Å². The standard InChI is InChI=1S/C20H34O2/c1-12-10-14(21)11-13-4-5-15-16-6-7-18(22)19(16,2)9-8-17(15)20(12,13)3/h12-18,21-22H,4-11H2,1-3H3/t12-,13-,14-,15-,16-,17-,18-,19-,20-/m0/s1. The van der Waals surface area contributed by atoms with Gasteiger partial charge in [-0.15, -0.1) is 0 Å². The maximum Gasteiger partial charge on any atom is 0.0596 e. The third-order valence-corrected chi connectivity index (χ3v) is 9.16. The van der Waals surface area contributed by atoms with E-state index in [-0.39, 0.29) is 17.6 Å². The third-order valence-electron chi connectivity index (χ3n) is 9.16. The van der Waals surface area contributed by atoms with Crippen LogP contribution in [0.25, 0.3) is 0 Å². The van der Waals surface area contributed by atoms with Crippen LogP contribution in [-0.4, -0.2) is 22.4 Å². The summed E-state index contributed by atoms with van der Waals surface area (Å²) in [6.07, 6.45) is 9.37. The van der Waals surface area contributed by atoms with Gasteiger partial charge in [-0.25, -0.2) is 0 Å². The lowest BCUT2D eigenvalue weighted by Gasteiger charge is -2.62. The molecule has 0 bridgehead atoms. The molecule has 0 aliphatic heterocycles. The fourth-order valence-corrected chi connectivity index (χ4v) is 7.67. The topological polar surface area (TPSA) is 40.5 Å². The molecule has 4 saturated carbocycles. The molecule has 0 unspecified atom stereocenters. The Morgan fingerprint density at radius 3 is 2.41 bits per heavy atom. The summed E-state index contributed by atoms with van der Waals surface area (Å²) in [7, 11) is 0. The van der Waals surface area contributed by atoms with Crippen molar-refractivity contribution in [2.24, 2.45) is 40.4 Å². The van der Waals surface area contributed by atoms with Crippen LogP contribution in [0.4, 0.5) is 0 Å². The van der Waals surface area contributed by atoms with Crippen molar-refractivity contribution in [1.29, 1.82) is 0 Å². The molecular weight excluding hydrogens is 272 g/mol. The minimum absolute atomic E-state index is 0.0606. The van der Waals surface area contributed by atoms with Gasteiger partial charge in [0.1, 0.15) is 0 Å². The van der Waals surface area contributed by atoms with Crippen LogP contribution < -0.4 is 0 Å². The Balaban J connectivity index is 1.66. The van der Waals surface area contributed by atoms with Gasteiger partial charge in [0.15, 0.2) is 0 Å². The second-order valence-corrected chi connectivity index (χ2v) is 9.68. The van der Waals surface area contributed by atoms with Gasteiger partial charge in [0, 0.05) is 0 Å². The van der Waals surface area contributed by atoms with Crippen LogP contribution in [0.5, 0.6) is 0 Å². The van der Waals surface area contributed by atoms with Gasteiger partial charge in [-0.1, -0.05) is 20.8 Å². The van der Waals surface area contributed by atoms with Crippen molar-refractivity contribution < 1.29 is 10.2 Å². The summed E-state index contributed by atoms with van der Waals surface area (Å²) in [4.78, 5) is 0. The molecule has 0 heterocycles. The number of hydrogen-bond donors (Lipinski definition) is 2. The smallest absolute Gasteiger partial charge is 0.0596 e. The van der Waals surface area contributed by atoms with Gasteiger partial charge in [0.2, 0.25) is 0 Å². The minimum Gasteiger partial charge on any atom is -0.393 e. The highest BCUT2D eigenvalue weighted by Gasteiger charge is 2.61. The van der Waals surface area contributed by atoms with E-state index in [9.17, 15) is 10.2 Å². The van der Waals surface area contributed by atoms with Crippen molar-refractivity contribution >= 4 is 0 Å². The molecule has 126 valence electrons. The molecule has 4 aliphatic rings. The Morgan fingerprint density at radius 2 is 1.64 bits per heavy atom. The van der Waals surface area contributed by atoms with Crippen LogP contribution in [0.15, 0.2) is 0 Å². The van der Waals surface area contributed by atoms with Crippen molar-refractivity contribution in [3.05, 3.63) is 0 Å². The highest BCUT2D eigenvalue weighted by atomic mass is 16.3. The largest absolute Gasteiger partial charge is 0.393 e. The molecule has 0 aromatic heterocycles. The first kappa shape index (κ1) is 15.4. The van der Waals surface area contributed by atoms with Crippen LogP contribution >= 0.6 is 0 Å². The number of hydrogen-bond acceptors (Lipinski definition) is 2. The summed E-state index contributed by atoms with van der Waals surface area (Å²) in [5, 5.41) is 20.7. The second kappa shape index (κ2) is 4.96. The monoisotopic (exact) mass is 306 g/mol. The first-order valence-corrected chi connectivity index (χ1v) is 9.73. The van der Waals surface area contributed by atoms with Gasteiger partial charge < -0.3 is 10.2 Å². The van der Waals surface area contributed by atoms with Crippen LogP contribution in [0.1, 0.15) is 72.1 Å². The quantitative estimate of drug-likeness (QED) is 0.710. The van der Waals surface area contributed by atoms with E-state index in [0.29, 0.717) is 11.3 Å². The van der Waals surface area contributed by atoms with E-state index in [0.717, 1.165) is 42.9 Å². The Morgan fingerprint density at radius 1 is 0.864 bits per heavy atom. The molecule has 0 aromatic rings. The second-order valence-electron chi connectivity index (χ2n) is 9.68. The van der Waals surface area contributed by atoms with Crippen LogP contribution in [0, 0.1) is 40.4 Å². The van der Waals surface area contributed by atoms with E-state index in [4.69, 9.17) is 0 Å². The van der Waals surface area contributed by atoms with Crippen molar-refractivity contribution in [3.63, 3.8) is 0 Å². The molecule has 2 nitrogen and oxygen atoms in total. The molecule has 2 heteroatoms. The van der Waals surface area contributed by atoms with Gasteiger partial charge in [0.25, 0.3) is 0 Å². The van der Waals surface area contributed by atoms with E-state index in [1.165, 1.54) is 32.1 Å². The van der Waals surface area contributed by atoms with E-state index in [1.807, 2.05) is 0 Å². The molecule has 0 radical (unpaired) electrons. The Kier molecular flexibility index (Phi) is 3.48. The maximum absolute atomic E-state index is 10.5. The highest BCUT2D eigenvalue weighted by molar-refractivity contribution is 5.10. The summed E-state index contributed by atoms with van der Waals surface area (Å²) < 4.78 is 0. The normalized spacial score (nSPS) is 61.2. The zero-order valence-electron chi connectivity index (χ0n) is 14.6. The predicted octanol–water partition coefficient (Wildman–Crippen LogP) is 4.00. The number of fused-ring (bicyclic) bond motifs is 5. The van der Waals surface area contributed by atoms with Gasteiger partial charge >= 0.3 is 0 Å². The third kappa shape index (κ3) is 1.86. The molecule has 0 saturated heterocycles. The van der Waals surface area contributed by atoms with Gasteiger partial charge in [-0.3, -0.25) is 0 Å². The first-order valence-electron chi connectivity index (χ1n) is 9.73. The summed E-state index contributed by atoms with van der Waals surface area (Å²) in [6, 6.07) is 0. The number of rotatable bonds is 0. The Bertz CT molecular complexity index is 449. The zero-order chi connectivity index (χ0) is 15.7. The number of aliphatic hydroxyl groups excluding tert-OH is 2. The van der Waals surface area contributed by atoms with Crippen molar-refractivity contribution in [2.75, 3.05) is 0 Å². The summed E-state index contributed by atoms with van der Waals surface area (Å²) >= 11 is 0. The fraction of sp³-hybridized carbons (Fsp3) is 1.00. The lowest BCUT2D eigenvalue weighted by atomic mass is 9.43. The predicted molar refractivity (Wildman–Crippen MR) is 88.3 cm³/mol. The summed E-state index contributed by atoms with van der Waals surface area (Å²) in [5.74, 6) is 3.78. The summed E-state index contributed by atoms with van der Waals surface area (Å²) in [6.45, 7) is 7.32. The van der Waals surface area contributed by atoms with Crippen LogP contribution in [0.2, 0.25) is 0 Å². The molecule has 4 fully saturated rings. The Hall–Kier alpha value is -0.0800. The molecule has 4 rings (SSSR count). The SMILES string of the molecule is C[C@H]1C[C@H](O)C[C@@H]2CC[C@H]3[C@@H]4CC[C@H](O)[C@@]4(C)CC[C@@H]3[C@]21C. The maximum atomic E-state index is 10.5. The average Bonchev–Trinajstić information content (AvgIpc) is 2.77. The highest BCUT2D eigenvalue weighted by Crippen LogP contribution is 2.67. The van der Waals surface area contributed by atoms with Crippen molar-refractivity contribution in [1.82, 2.24) is 0 Å². The van der Waals surface area contributed by atoms with Crippen molar-refractivity contribution in [3.8, 4) is 0 Å². The lowest BCUT2D eigenvalue weighted by molar-refractivity contribution is -0.156. The fourth-order valence-electron chi connectivity index (χ4n) is 7.67. The molecular formula is C20H34O2. The number of aliphatic hydroxyl groups is 2. The molecule has 0 aromatic carbocycles. The van der Waals surface area contributed by atoms with Crippen LogP contribution in [0.3, 0.4) is 0 Å². The molecule has 2 N–H and O–H groups in total. The molecule has 0 amide bonds. The van der Waals surface area contributed by atoms with Crippen LogP contribution in [-0.2, 0) is 0 Å². The lowest BCUT2D eigenvalue weighted by Crippen LogP contribution is -2.57.